The quantitative estimate of drug-likeness (QED) is 0.267. The maximum atomic E-state index is 14.4. The number of fused-ring (bicyclic) bond motifs is 2. The second-order valence-corrected chi connectivity index (χ2v) is 11.4. The van der Waals surface area contributed by atoms with E-state index in [-0.39, 0.29) is 49.5 Å². The Morgan fingerprint density at radius 2 is 2.16 bits per heavy atom. The molecule has 5 atom stereocenters. The number of nitrogens with zero attached hydrogens (tertiary/aromatic N) is 5. The highest BCUT2D eigenvalue weighted by Crippen LogP contribution is 2.66. The minimum atomic E-state index is -0.715. The van der Waals surface area contributed by atoms with Gasteiger partial charge in [0.05, 0.1) is 28.7 Å². The van der Waals surface area contributed by atoms with E-state index in [0.717, 1.165) is 17.5 Å². The summed E-state index contributed by atoms with van der Waals surface area (Å²) in [6.07, 6.45) is 4.22. The highest BCUT2D eigenvalue weighted by molar-refractivity contribution is 8.02. The number of thioether (sulfide) groups is 1. The molecule has 0 radical (unpaired) electrons. The number of benzene rings is 1. The van der Waals surface area contributed by atoms with Gasteiger partial charge in [0.2, 0.25) is 11.8 Å². The molecule has 1 spiro atoms. The minimum Gasteiger partial charge on any atom is -0.466 e. The van der Waals surface area contributed by atoms with Crippen LogP contribution in [-0.2, 0) is 25.8 Å². The SMILES string of the molecule is C=CCN(Cn1nnc2ccccc21)C(=O)C1N(CCCCO)C(=O)[C@@H]2[C@@H](C(=O)OCC)[C@H]3CCC12S3. The van der Waals surface area contributed by atoms with Crippen LogP contribution < -0.4 is 0 Å². The molecule has 37 heavy (non-hydrogen) atoms. The number of rotatable bonds is 11. The van der Waals surface area contributed by atoms with Crippen molar-refractivity contribution in [3.05, 3.63) is 36.9 Å². The molecule has 4 heterocycles. The van der Waals surface area contributed by atoms with Gasteiger partial charge in [0.25, 0.3) is 0 Å². The Hall–Kier alpha value is -2.92. The highest BCUT2D eigenvalue weighted by Gasteiger charge is 2.74. The van der Waals surface area contributed by atoms with Crippen LogP contribution in [0.5, 0.6) is 0 Å². The van der Waals surface area contributed by atoms with Gasteiger partial charge in [-0.2, -0.15) is 0 Å². The molecule has 5 rings (SSSR count). The lowest BCUT2D eigenvalue weighted by Crippen LogP contribution is -2.55. The van der Waals surface area contributed by atoms with Gasteiger partial charge < -0.3 is 19.6 Å². The van der Waals surface area contributed by atoms with Crippen LogP contribution in [0.4, 0.5) is 0 Å². The predicted molar refractivity (Wildman–Crippen MR) is 138 cm³/mol. The molecule has 1 N–H and O–H groups in total. The molecule has 3 saturated heterocycles. The summed E-state index contributed by atoms with van der Waals surface area (Å²) in [6, 6.07) is 6.83. The smallest absolute Gasteiger partial charge is 0.310 e. The van der Waals surface area contributed by atoms with Gasteiger partial charge >= 0.3 is 5.97 Å². The first kappa shape index (κ1) is 25.7. The van der Waals surface area contributed by atoms with Crippen molar-refractivity contribution in [1.29, 1.82) is 0 Å². The average molecular weight is 528 g/mol. The minimum absolute atomic E-state index is 0.0133. The summed E-state index contributed by atoms with van der Waals surface area (Å²) < 4.78 is 6.37. The molecule has 3 aliphatic rings. The molecule has 1 aromatic heterocycles. The van der Waals surface area contributed by atoms with Gasteiger partial charge in [-0.25, -0.2) is 4.68 Å². The molecule has 10 nitrogen and oxygen atoms in total. The normalized spacial score (nSPS) is 28.1. The first-order chi connectivity index (χ1) is 18.0. The lowest BCUT2D eigenvalue weighted by molar-refractivity contribution is -0.153. The number of likely N-dealkylation sites (tertiary alicyclic amines) is 1. The highest BCUT2D eigenvalue weighted by atomic mass is 32.2. The van der Waals surface area contributed by atoms with E-state index in [9.17, 15) is 19.5 Å². The third kappa shape index (κ3) is 4.21. The van der Waals surface area contributed by atoms with Gasteiger partial charge in [0, 0.05) is 24.9 Å². The number of aliphatic hydroxyl groups is 1. The molecular formula is C26H33N5O5S. The molecule has 11 heteroatoms. The predicted octanol–water partition coefficient (Wildman–Crippen LogP) is 1.83. The van der Waals surface area contributed by atoms with E-state index < -0.39 is 22.6 Å². The van der Waals surface area contributed by atoms with Crippen LogP contribution >= 0.6 is 11.8 Å². The molecule has 2 bridgehead atoms. The van der Waals surface area contributed by atoms with Crippen LogP contribution in [0.3, 0.4) is 0 Å². The lowest BCUT2D eigenvalue weighted by atomic mass is 9.71. The number of aliphatic hydroxyl groups excluding tert-OH is 1. The fraction of sp³-hybridized carbons (Fsp3) is 0.577. The largest absolute Gasteiger partial charge is 0.466 e. The van der Waals surface area contributed by atoms with Crippen molar-refractivity contribution in [1.82, 2.24) is 24.8 Å². The molecule has 0 saturated carbocycles. The summed E-state index contributed by atoms with van der Waals surface area (Å²) in [5.74, 6) is -1.82. The molecule has 1 aromatic carbocycles. The zero-order valence-corrected chi connectivity index (χ0v) is 21.8. The van der Waals surface area contributed by atoms with E-state index in [0.29, 0.717) is 25.8 Å². The number of unbranched alkanes of at least 4 members (excludes halogenated alkanes) is 1. The summed E-state index contributed by atoms with van der Waals surface area (Å²) in [6.45, 7) is 6.67. The second kappa shape index (κ2) is 10.4. The Morgan fingerprint density at radius 1 is 1.35 bits per heavy atom. The van der Waals surface area contributed by atoms with Gasteiger partial charge in [0.1, 0.15) is 18.2 Å². The van der Waals surface area contributed by atoms with E-state index in [4.69, 9.17) is 4.74 Å². The number of ether oxygens (including phenoxy) is 1. The van der Waals surface area contributed by atoms with Gasteiger partial charge in [-0.1, -0.05) is 23.4 Å². The van der Waals surface area contributed by atoms with Crippen LogP contribution in [0.25, 0.3) is 11.0 Å². The van der Waals surface area contributed by atoms with Gasteiger partial charge in [-0.15, -0.1) is 23.4 Å². The summed E-state index contributed by atoms with van der Waals surface area (Å²) in [5.41, 5.74) is 1.54. The average Bonchev–Trinajstić information content (AvgIpc) is 3.64. The molecule has 2 amide bonds. The molecule has 3 fully saturated rings. The van der Waals surface area contributed by atoms with Gasteiger partial charge in [-0.3, -0.25) is 14.4 Å². The van der Waals surface area contributed by atoms with E-state index in [1.54, 1.807) is 39.2 Å². The maximum absolute atomic E-state index is 14.4. The number of hydrogen-bond acceptors (Lipinski definition) is 8. The standard InChI is InChI=1S/C26H33N5O5S/c1-3-13-29(16-31-18-10-6-5-9-17(18)27-28-31)24(34)22-26-12-11-19(37-26)20(25(35)36-4-2)21(26)23(33)30(22)14-7-8-15-32/h3,5-6,9-10,19-22,32H,1,4,7-8,11-16H2,2H3/t19-,20+,21+,22?,26?/m1/s1. The number of carbonyl (C=O) groups is 3. The number of aromatic nitrogens is 3. The van der Waals surface area contributed by atoms with Crippen molar-refractivity contribution in [2.75, 3.05) is 26.3 Å². The van der Waals surface area contributed by atoms with Crippen molar-refractivity contribution in [2.45, 2.75) is 55.3 Å². The lowest BCUT2D eigenvalue weighted by Gasteiger charge is -2.37. The maximum Gasteiger partial charge on any atom is 0.310 e. The fourth-order valence-electron chi connectivity index (χ4n) is 6.30. The number of carbonyl (C=O) groups excluding carboxylic acids is 3. The summed E-state index contributed by atoms with van der Waals surface area (Å²) in [5, 5.41) is 17.8. The number of hydrogen-bond donors (Lipinski definition) is 1. The Morgan fingerprint density at radius 3 is 2.92 bits per heavy atom. The number of para-hydroxylation sites is 1. The van der Waals surface area contributed by atoms with E-state index in [1.165, 1.54) is 0 Å². The molecule has 3 aliphatic heterocycles. The van der Waals surface area contributed by atoms with E-state index in [1.807, 2.05) is 24.3 Å². The zero-order valence-electron chi connectivity index (χ0n) is 21.0. The Bertz CT molecular complexity index is 1200. The molecular weight excluding hydrogens is 494 g/mol. The van der Waals surface area contributed by atoms with Crippen LogP contribution in [-0.4, -0.2) is 90.0 Å². The van der Waals surface area contributed by atoms with E-state index >= 15 is 0 Å². The van der Waals surface area contributed by atoms with Crippen LogP contribution in [0.2, 0.25) is 0 Å². The number of esters is 1. The van der Waals surface area contributed by atoms with Crippen LogP contribution in [0.15, 0.2) is 36.9 Å². The van der Waals surface area contributed by atoms with Crippen molar-refractivity contribution in [2.24, 2.45) is 11.8 Å². The molecule has 0 aliphatic carbocycles. The van der Waals surface area contributed by atoms with Gasteiger partial charge in [0.15, 0.2) is 0 Å². The Balaban J connectivity index is 1.50. The number of amides is 2. The zero-order chi connectivity index (χ0) is 26.2. The summed E-state index contributed by atoms with van der Waals surface area (Å²) in [7, 11) is 0. The fourth-order valence-corrected chi connectivity index (χ4v) is 8.50. The Labute approximate surface area is 220 Å². The molecule has 2 aromatic rings. The second-order valence-electron chi connectivity index (χ2n) is 9.84. The van der Waals surface area contributed by atoms with Crippen LogP contribution in [0, 0.1) is 11.8 Å². The Kier molecular flexibility index (Phi) is 7.26. The first-order valence-electron chi connectivity index (χ1n) is 12.9. The third-order valence-electron chi connectivity index (χ3n) is 7.79. The van der Waals surface area contributed by atoms with E-state index in [2.05, 4.69) is 16.9 Å². The summed E-state index contributed by atoms with van der Waals surface area (Å²) in [4.78, 5) is 44.5. The van der Waals surface area contributed by atoms with Gasteiger partial charge in [-0.05, 0) is 44.7 Å². The van der Waals surface area contributed by atoms with Crippen molar-refractivity contribution < 1.29 is 24.2 Å². The summed E-state index contributed by atoms with van der Waals surface area (Å²) >= 11 is 1.62. The topological polar surface area (TPSA) is 118 Å². The monoisotopic (exact) mass is 527 g/mol. The first-order valence-corrected chi connectivity index (χ1v) is 13.8. The molecule has 198 valence electrons. The van der Waals surface area contributed by atoms with Crippen molar-refractivity contribution in [3.63, 3.8) is 0 Å². The van der Waals surface area contributed by atoms with Crippen molar-refractivity contribution in [3.8, 4) is 0 Å². The molecule has 2 unspecified atom stereocenters. The van der Waals surface area contributed by atoms with Crippen molar-refractivity contribution >= 4 is 40.6 Å². The van der Waals surface area contributed by atoms with Crippen LogP contribution in [0.1, 0.15) is 32.6 Å². The third-order valence-corrected chi connectivity index (χ3v) is 9.74.